The molecule has 26 heavy (non-hydrogen) atoms. The van der Waals surface area contributed by atoms with E-state index in [0.29, 0.717) is 17.3 Å². The van der Waals surface area contributed by atoms with Gasteiger partial charge in [0.2, 0.25) is 0 Å². The topological polar surface area (TPSA) is 18.5 Å². The summed E-state index contributed by atoms with van der Waals surface area (Å²) >= 11 is 17.1. The molecule has 1 saturated heterocycles. The number of nitrogens with one attached hydrogen (secondary N) is 1. The fraction of sp³-hybridized carbons (Fsp3) is 0.278. The summed E-state index contributed by atoms with van der Waals surface area (Å²) in [4.78, 5) is 4.32. The van der Waals surface area contributed by atoms with E-state index in [4.69, 9.17) is 35.4 Å². The Morgan fingerprint density at radius 1 is 0.962 bits per heavy atom. The number of benzene rings is 2. The molecular weight excluding hydrogens is 399 g/mol. The van der Waals surface area contributed by atoms with Gasteiger partial charge < -0.3 is 10.2 Å². The Morgan fingerprint density at radius 3 is 2.19 bits per heavy atom. The molecular formula is C18H17Cl2F2N3S. The Bertz CT molecular complexity index is 811. The molecule has 8 heteroatoms. The van der Waals surface area contributed by atoms with Gasteiger partial charge in [-0.1, -0.05) is 29.3 Å². The molecule has 0 bridgehead atoms. The van der Waals surface area contributed by atoms with E-state index in [0.717, 1.165) is 31.7 Å². The summed E-state index contributed by atoms with van der Waals surface area (Å²) in [6.07, 6.45) is 0. The van der Waals surface area contributed by atoms with Crippen LogP contribution in [0.5, 0.6) is 0 Å². The second-order valence-electron chi connectivity index (χ2n) is 6.07. The number of piperazine rings is 1. The number of anilines is 1. The van der Waals surface area contributed by atoms with Gasteiger partial charge in [-0.2, -0.15) is 0 Å². The molecule has 0 aromatic heterocycles. The summed E-state index contributed by atoms with van der Waals surface area (Å²) in [5.74, 6) is -0.866. The van der Waals surface area contributed by atoms with E-state index in [-0.39, 0.29) is 10.0 Å². The maximum atomic E-state index is 13.2. The molecule has 3 nitrogen and oxygen atoms in total. The summed E-state index contributed by atoms with van der Waals surface area (Å²) in [5.41, 5.74) is 1.64. The third kappa shape index (κ3) is 4.82. The summed E-state index contributed by atoms with van der Waals surface area (Å²) in [6.45, 7) is 3.87. The summed E-state index contributed by atoms with van der Waals surface area (Å²) in [7, 11) is 0. The van der Waals surface area contributed by atoms with Gasteiger partial charge in [0.1, 0.15) is 11.6 Å². The molecule has 1 aliphatic heterocycles. The van der Waals surface area contributed by atoms with Gasteiger partial charge in [-0.05, 0) is 48.1 Å². The molecule has 3 rings (SSSR count). The fourth-order valence-corrected chi connectivity index (χ4v) is 3.47. The van der Waals surface area contributed by atoms with Crippen molar-refractivity contribution < 1.29 is 8.78 Å². The molecule has 0 spiro atoms. The number of halogens is 4. The minimum Gasteiger partial charge on any atom is -0.346 e. The van der Waals surface area contributed by atoms with Crippen molar-refractivity contribution in [2.75, 3.05) is 31.5 Å². The first-order chi connectivity index (χ1) is 12.4. The van der Waals surface area contributed by atoms with Crippen LogP contribution in [0.2, 0.25) is 10.0 Å². The van der Waals surface area contributed by atoms with Crippen LogP contribution in [0.25, 0.3) is 0 Å². The second-order valence-corrected chi connectivity index (χ2v) is 7.27. The van der Waals surface area contributed by atoms with Gasteiger partial charge in [-0.25, -0.2) is 8.78 Å². The molecule has 1 N–H and O–H groups in total. The number of nitrogens with zero attached hydrogens (tertiary/aromatic N) is 2. The molecule has 1 aliphatic rings. The summed E-state index contributed by atoms with van der Waals surface area (Å²) in [6, 6.07) is 9.21. The lowest BCUT2D eigenvalue weighted by atomic mass is 10.2. The molecule has 138 valence electrons. The highest BCUT2D eigenvalue weighted by Gasteiger charge is 2.19. The quantitative estimate of drug-likeness (QED) is 0.726. The van der Waals surface area contributed by atoms with Crippen molar-refractivity contribution in [3.05, 3.63) is 63.6 Å². The highest BCUT2D eigenvalue weighted by Crippen LogP contribution is 2.20. The zero-order valence-electron chi connectivity index (χ0n) is 13.8. The van der Waals surface area contributed by atoms with Crippen molar-refractivity contribution in [2.45, 2.75) is 6.54 Å². The van der Waals surface area contributed by atoms with Gasteiger partial charge in [0, 0.05) is 38.4 Å². The third-order valence-corrected chi connectivity index (χ3v) is 5.16. The smallest absolute Gasteiger partial charge is 0.173 e. The van der Waals surface area contributed by atoms with E-state index in [1.807, 2.05) is 0 Å². The van der Waals surface area contributed by atoms with Crippen molar-refractivity contribution in [2.24, 2.45) is 0 Å². The lowest BCUT2D eigenvalue weighted by molar-refractivity contribution is 0.177. The minimum absolute atomic E-state index is 0.0561. The largest absolute Gasteiger partial charge is 0.346 e. The number of rotatable bonds is 3. The van der Waals surface area contributed by atoms with Crippen LogP contribution in [-0.4, -0.2) is 41.1 Å². The Kier molecular flexibility index (Phi) is 6.29. The highest BCUT2D eigenvalue weighted by molar-refractivity contribution is 7.80. The van der Waals surface area contributed by atoms with Crippen molar-refractivity contribution >= 4 is 46.2 Å². The van der Waals surface area contributed by atoms with Crippen LogP contribution in [0.3, 0.4) is 0 Å². The van der Waals surface area contributed by atoms with Crippen LogP contribution in [0, 0.1) is 11.6 Å². The standard InChI is InChI=1S/C18H17Cl2F2N3S/c19-14-9-12(1-3-16(14)21)11-24-5-7-25(8-6-24)18(26)23-13-2-4-17(22)15(20)10-13/h1-4,9-10H,5-8,11H2,(H,23,26). The zero-order valence-corrected chi connectivity index (χ0v) is 16.1. The number of hydrogen-bond donors (Lipinski definition) is 1. The number of thiocarbonyl (C=S) groups is 1. The van der Waals surface area contributed by atoms with Gasteiger partial charge in [-0.3, -0.25) is 4.90 Å². The molecule has 1 fully saturated rings. The van der Waals surface area contributed by atoms with Crippen LogP contribution < -0.4 is 5.32 Å². The van der Waals surface area contributed by atoms with Gasteiger partial charge in [0.15, 0.2) is 5.11 Å². The first-order valence-electron chi connectivity index (χ1n) is 8.09. The second kappa shape index (κ2) is 8.48. The maximum absolute atomic E-state index is 13.2. The van der Waals surface area contributed by atoms with Gasteiger partial charge >= 0.3 is 0 Å². The predicted molar refractivity (Wildman–Crippen MR) is 106 cm³/mol. The van der Waals surface area contributed by atoms with Crippen molar-refractivity contribution in [1.29, 1.82) is 0 Å². The van der Waals surface area contributed by atoms with Crippen LogP contribution in [-0.2, 0) is 6.54 Å². The molecule has 0 atom stereocenters. The van der Waals surface area contributed by atoms with Crippen LogP contribution in [0.15, 0.2) is 36.4 Å². The Morgan fingerprint density at radius 2 is 1.58 bits per heavy atom. The van der Waals surface area contributed by atoms with Crippen LogP contribution >= 0.6 is 35.4 Å². The lowest BCUT2D eigenvalue weighted by Gasteiger charge is -2.36. The zero-order chi connectivity index (χ0) is 18.7. The number of hydrogen-bond acceptors (Lipinski definition) is 2. The average Bonchev–Trinajstić information content (AvgIpc) is 2.62. The fourth-order valence-electron chi connectivity index (χ4n) is 2.78. The molecule has 0 radical (unpaired) electrons. The van der Waals surface area contributed by atoms with Crippen molar-refractivity contribution in [1.82, 2.24) is 9.80 Å². The predicted octanol–water partition coefficient (Wildman–Crippen LogP) is 4.79. The monoisotopic (exact) mass is 415 g/mol. The Balaban J connectivity index is 1.51. The van der Waals surface area contributed by atoms with E-state index >= 15 is 0 Å². The molecule has 1 heterocycles. The molecule has 0 unspecified atom stereocenters. The average molecular weight is 416 g/mol. The van der Waals surface area contributed by atoms with E-state index in [1.165, 1.54) is 18.2 Å². The van der Waals surface area contributed by atoms with Gasteiger partial charge in [0.25, 0.3) is 0 Å². The first kappa shape index (κ1) is 19.3. The minimum atomic E-state index is -0.461. The van der Waals surface area contributed by atoms with Gasteiger partial charge in [-0.15, -0.1) is 0 Å². The SMILES string of the molecule is Fc1ccc(CN2CCN(C(=S)Nc3ccc(F)c(Cl)c3)CC2)cc1Cl. The molecule has 0 saturated carbocycles. The normalized spacial score (nSPS) is 15.2. The Labute approximate surface area is 166 Å². The molecule has 2 aromatic rings. The molecule has 0 amide bonds. The van der Waals surface area contributed by atoms with Crippen molar-refractivity contribution in [3.63, 3.8) is 0 Å². The van der Waals surface area contributed by atoms with Gasteiger partial charge in [0.05, 0.1) is 10.0 Å². The maximum Gasteiger partial charge on any atom is 0.173 e. The Hall–Kier alpha value is -1.47. The highest BCUT2D eigenvalue weighted by atomic mass is 35.5. The first-order valence-corrected chi connectivity index (χ1v) is 9.26. The van der Waals surface area contributed by atoms with Crippen molar-refractivity contribution in [3.8, 4) is 0 Å². The summed E-state index contributed by atoms with van der Waals surface area (Å²) in [5, 5.41) is 3.87. The molecule has 2 aromatic carbocycles. The third-order valence-electron chi connectivity index (χ3n) is 4.22. The molecule has 0 aliphatic carbocycles. The summed E-state index contributed by atoms with van der Waals surface area (Å²) < 4.78 is 26.5. The van der Waals surface area contributed by atoms with Crippen LogP contribution in [0.1, 0.15) is 5.56 Å². The van der Waals surface area contributed by atoms with E-state index in [9.17, 15) is 8.78 Å². The lowest BCUT2D eigenvalue weighted by Crippen LogP contribution is -2.49. The van der Waals surface area contributed by atoms with E-state index in [1.54, 1.807) is 18.2 Å². The van der Waals surface area contributed by atoms with E-state index < -0.39 is 11.6 Å². The van der Waals surface area contributed by atoms with Crippen LogP contribution in [0.4, 0.5) is 14.5 Å². The van der Waals surface area contributed by atoms with E-state index in [2.05, 4.69) is 15.1 Å².